The Morgan fingerprint density at radius 2 is 1.70 bits per heavy atom. The smallest absolute Gasteiger partial charge is 0.303 e. The second kappa shape index (κ2) is 6.87. The number of alkyl halides is 4. The SMILES string of the molecule is CC(=O)OC(CBr)(CC(Cl)(Cl)Cl)c1cc(C)cc(C)c1. The number of halogens is 4. The number of ether oxygens (including phenoxy) is 1. The summed E-state index contributed by atoms with van der Waals surface area (Å²) in [7, 11) is 0. The Balaban J connectivity index is 3.37. The van der Waals surface area contributed by atoms with E-state index in [2.05, 4.69) is 15.9 Å². The highest BCUT2D eigenvalue weighted by atomic mass is 79.9. The molecule has 6 heteroatoms. The predicted molar refractivity (Wildman–Crippen MR) is 88.1 cm³/mol. The van der Waals surface area contributed by atoms with Crippen molar-refractivity contribution in [1.29, 1.82) is 0 Å². The summed E-state index contributed by atoms with van der Waals surface area (Å²) in [5.41, 5.74) is 1.92. The molecule has 1 aromatic carbocycles. The average molecular weight is 403 g/mol. The van der Waals surface area contributed by atoms with E-state index in [1.807, 2.05) is 32.0 Å². The predicted octanol–water partition coefficient (Wildman–Crippen LogP) is 5.22. The molecular formula is C14H16BrCl3O2. The van der Waals surface area contributed by atoms with Crippen LogP contribution in [0.15, 0.2) is 18.2 Å². The number of rotatable bonds is 4. The van der Waals surface area contributed by atoms with Gasteiger partial charge in [-0.25, -0.2) is 0 Å². The minimum Gasteiger partial charge on any atom is -0.453 e. The molecule has 0 saturated heterocycles. The van der Waals surface area contributed by atoms with Gasteiger partial charge in [0, 0.05) is 18.7 Å². The second-order valence-electron chi connectivity index (χ2n) is 4.89. The zero-order valence-electron chi connectivity index (χ0n) is 11.5. The van der Waals surface area contributed by atoms with E-state index in [1.165, 1.54) is 6.92 Å². The number of carbonyl (C=O) groups excluding carboxylic acids is 1. The molecule has 0 amide bonds. The van der Waals surface area contributed by atoms with E-state index in [0.29, 0.717) is 5.33 Å². The first kappa shape index (κ1) is 18.1. The highest BCUT2D eigenvalue weighted by Gasteiger charge is 2.42. The Kier molecular flexibility index (Phi) is 6.21. The highest BCUT2D eigenvalue weighted by Crippen LogP contribution is 2.43. The Hall–Kier alpha value is 0.0400. The van der Waals surface area contributed by atoms with Crippen LogP contribution < -0.4 is 0 Å². The summed E-state index contributed by atoms with van der Waals surface area (Å²) in [6, 6.07) is 5.91. The lowest BCUT2D eigenvalue weighted by Gasteiger charge is -2.35. The summed E-state index contributed by atoms with van der Waals surface area (Å²) in [6.45, 7) is 5.29. The van der Waals surface area contributed by atoms with Gasteiger partial charge in [0.25, 0.3) is 0 Å². The summed E-state index contributed by atoms with van der Waals surface area (Å²) < 4.78 is 3.99. The maximum absolute atomic E-state index is 11.5. The molecule has 0 fully saturated rings. The average Bonchev–Trinajstić information content (AvgIpc) is 2.23. The molecule has 1 aromatic rings. The maximum Gasteiger partial charge on any atom is 0.303 e. The Morgan fingerprint density at radius 1 is 1.20 bits per heavy atom. The summed E-state index contributed by atoms with van der Waals surface area (Å²) in [6.07, 6.45) is 0.0678. The third-order valence-corrected chi connectivity index (χ3v) is 4.10. The van der Waals surface area contributed by atoms with Crippen molar-refractivity contribution in [2.24, 2.45) is 0 Å². The molecule has 0 radical (unpaired) electrons. The van der Waals surface area contributed by atoms with E-state index >= 15 is 0 Å². The lowest BCUT2D eigenvalue weighted by Crippen LogP contribution is -2.37. The standard InChI is InChI=1S/C14H16BrCl3O2/c1-9-4-10(2)6-12(5-9)13(8-15,20-11(3)19)7-14(16,17)18/h4-6H,7-8H2,1-3H3. The molecular weight excluding hydrogens is 386 g/mol. The Labute approximate surface area is 142 Å². The van der Waals surface area contributed by atoms with Crippen LogP contribution >= 0.6 is 50.7 Å². The number of esters is 1. The van der Waals surface area contributed by atoms with Crippen molar-refractivity contribution in [1.82, 2.24) is 0 Å². The summed E-state index contributed by atoms with van der Waals surface area (Å²) >= 11 is 21.2. The monoisotopic (exact) mass is 400 g/mol. The topological polar surface area (TPSA) is 26.3 Å². The van der Waals surface area contributed by atoms with Gasteiger partial charge in [0.05, 0.1) is 0 Å². The number of carbonyl (C=O) groups is 1. The van der Waals surface area contributed by atoms with Gasteiger partial charge >= 0.3 is 5.97 Å². The van der Waals surface area contributed by atoms with Gasteiger partial charge in [-0.1, -0.05) is 80.1 Å². The third kappa shape index (κ3) is 5.10. The zero-order chi connectivity index (χ0) is 15.6. The zero-order valence-corrected chi connectivity index (χ0v) is 15.3. The van der Waals surface area contributed by atoms with Crippen molar-refractivity contribution in [3.8, 4) is 0 Å². The van der Waals surface area contributed by atoms with Crippen LogP contribution in [-0.4, -0.2) is 15.1 Å². The Bertz CT molecular complexity index is 479. The number of aryl methyl sites for hydroxylation is 2. The normalized spacial score (nSPS) is 14.8. The molecule has 0 aliphatic heterocycles. The van der Waals surface area contributed by atoms with E-state index in [9.17, 15) is 4.79 Å². The van der Waals surface area contributed by atoms with Gasteiger partial charge in [-0.05, 0) is 19.4 Å². The van der Waals surface area contributed by atoms with Crippen molar-refractivity contribution in [2.75, 3.05) is 5.33 Å². The van der Waals surface area contributed by atoms with Crippen LogP contribution in [-0.2, 0) is 15.1 Å². The first-order chi connectivity index (χ1) is 9.08. The van der Waals surface area contributed by atoms with Crippen LogP contribution in [0.1, 0.15) is 30.0 Å². The van der Waals surface area contributed by atoms with Crippen molar-refractivity contribution in [3.63, 3.8) is 0 Å². The number of hydrogen-bond acceptors (Lipinski definition) is 2. The van der Waals surface area contributed by atoms with Crippen molar-refractivity contribution in [3.05, 3.63) is 34.9 Å². The minimum atomic E-state index is -1.53. The van der Waals surface area contributed by atoms with E-state index < -0.39 is 15.4 Å². The van der Waals surface area contributed by atoms with Crippen molar-refractivity contribution >= 4 is 56.7 Å². The molecule has 0 aliphatic rings. The lowest BCUT2D eigenvalue weighted by molar-refractivity contribution is -0.156. The second-order valence-corrected chi connectivity index (χ2v) is 7.97. The maximum atomic E-state index is 11.5. The van der Waals surface area contributed by atoms with Gasteiger partial charge in [-0.15, -0.1) is 0 Å². The minimum absolute atomic E-state index is 0.0678. The fraction of sp³-hybridized carbons (Fsp3) is 0.500. The molecule has 0 saturated carbocycles. The van der Waals surface area contributed by atoms with Crippen LogP contribution in [0, 0.1) is 13.8 Å². The molecule has 1 rings (SSSR count). The molecule has 0 heterocycles. The molecule has 1 unspecified atom stereocenters. The first-order valence-electron chi connectivity index (χ1n) is 5.99. The molecule has 0 spiro atoms. The molecule has 0 aliphatic carbocycles. The fourth-order valence-corrected chi connectivity index (χ4v) is 3.47. The van der Waals surface area contributed by atoms with Crippen molar-refractivity contribution in [2.45, 2.75) is 36.6 Å². The molecule has 0 bridgehead atoms. The summed E-state index contributed by atoms with van der Waals surface area (Å²) in [5, 5.41) is 0.344. The molecule has 112 valence electrons. The molecule has 20 heavy (non-hydrogen) atoms. The van der Waals surface area contributed by atoms with Gasteiger partial charge in [-0.2, -0.15) is 0 Å². The lowest BCUT2D eigenvalue weighted by atomic mass is 9.90. The summed E-state index contributed by atoms with van der Waals surface area (Å²) in [5.74, 6) is -0.419. The molecule has 0 aromatic heterocycles. The highest BCUT2D eigenvalue weighted by molar-refractivity contribution is 9.09. The quantitative estimate of drug-likeness (QED) is 0.510. The van der Waals surface area contributed by atoms with Gasteiger partial charge in [0.15, 0.2) is 9.39 Å². The van der Waals surface area contributed by atoms with E-state index in [1.54, 1.807) is 0 Å². The van der Waals surface area contributed by atoms with Gasteiger partial charge in [0.1, 0.15) is 0 Å². The van der Waals surface area contributed by atoms with Crippen molar-refractivity contribution < 1.29 is 9.53 Å². The van der Waals surface area contributed by atoms with Crippen LogP contribution in [0.2, 0.25) is 0 Å². The van der Waals surface area contributed by atoms with E-state index in [0.717, 1.165) is 16.7 Å². The Morgan fingerprint density at radius 3 is 2.05 bits per heavy atom. The van der Waals surface area contributed by atoms with Gasteiger partial charge in [-0.3, -0.25) is 4.79 Å². The fourth-order valence-electron chi connectivity index (χ4n) is 2.19. The number of hydrogen-bond donors (Lipinski definition) is 0. The third-order valence-electron chi connectivity index (χ3n) is 2.79. The van der Waals surface area contributed by atoms with Crippen LogP contribution in [0.4, 0.5) is 0 Å². The van der Waals surface area contributed by atoms with E-state index in [-0.39, 0.29) is 6.42 Å². The first-order valence-corrected chi connectivity index (χ1v) is 8.24. The van der Waals surface area contributed by atoms with E-state index in [4.69, 9.17) is 39.5 Å². The number of benzene rings is 1. The van der Waals surface area contributed by atoms with Gasteiger partial charge in [0.2, 0.25) is 0 Å². The molecule has 1 atom stereocenters. The largest absolute Gasteiger partial charge is 0.453 e. The van der Waals surface area contributed by atoms with Crippen LogP contribution in [0.3, 0.4) is 0 Å². The molecule has 2 nitrogen and oxygen atoms in total. The summed E-state index contributed by atoms with van der Waals surface area (Å²) in [4.78, 5) is 11.5. The van der Waals surface area contributed by atoms with Gasteiger partial charge < -0.3 is 4.74 Å². The molecule has 0 N–H and O–H groups in total. The van der Waals surface area contributed by atoms with Crippen LogP contribution in [0.5, 0.6) is 0 Å². The van der Waals surface area contributed by atoms with Crippen LogP contribution in [0.25, 0.3) is 0 Å².